The molecule has 0 bridgehead atoms. The molecule has 0 saturated heterocycles. The highest BCUT2D eigenvalue weighted by molar-refractivity contribution is 7.99. The third kappa shape index (κ3) is 5.62. The van der Waals surface area contributed by atoms with Gasteiger partial charge in [0.05, 0.1) is 11.8 Å². The minimum absolute atomic E-state index is 0.0574. The first kappa shape index (κ1) is 22.6. The molecule has 0 spiro atoms. The van der Waals surface area contributed by atoms with Gasteiger partial charge in [0.2, 0.25) is 5.91 Å². The molecular weight excluding hydrogens is 432 g/mol. The van der Waals surface area contributed by atoms with Crippen molar-refractivity contribution in [3.05, 3.63) is 96.8 Å². The Morgan fingerprint density at radius 2 is 1.85 bits per heavy atom. The Bertz CT molecular complexity index is 1230. The average molecular weight is 459 g/mol. The molecule has 0 unspecified atom stereocenters. The van der Waals surface area contributed by atoms with Crippen LogP contribution in [-0.4, -0.2) is 26.4 Å². The van der Waals surface area contributed by atoms with E-state index >= 15 is 0 Å². The molecule has 168 valence electrons. The second-order valence-corrected chi connectivity index (χ2v) is 8.50. The van der Waals surface area contributed by atoms with Crippen LogP contribution in [-0.2, 0) is 17.9 Å². The van der Waals surface area contributed by atoms with E-state index < -0.39 is 0 Å². The first-order chi connectivity index (χ1) is 16.2. The number of rotatable bonds is 10. The summed E-state index contributed by atoms with van der Waals surface area (Å²) in [7, 11) is 0. The topological polar surface area (TPSA) is 69.0 Å². The predicted molar refractivity (Wildman–Crippen MR) is 132 cm³/mol. The van der Waals surface area contributed by atoms with Crippen LogP contribution in [0.2, 0.25) is 0 Å². The standard InChI is InChI=1S/C26H26N4O2S/c1-3-16-30-24(17-32-23-15-9-13-21-12-7-8-14-22(21)23)28-29-26(30)33-18-25(31)27-19(2)20-10-5-4-6-11-20/h3-15,19H,1,16-18H2,2H3,(H,27,31)/t19-/m1/s1. The summed E-state index contributed by atoms with van der Waals surface area (Å²) in [4.78, 5) is 12.5. The van der Waals surface area contributed by atoms with Gasteiger partial charge in [0.1, 0.15) is 12.4 Å². The van der Waals surface area contributed by atoms with Crippen molar-refractivity contribution in [3.8, 4) is 5.75 Å². The van der Waals surface area contributed by atoms with Crippen molar-refractivity contribution in [2.24, 2.45) is 0 Å². The molecule has 1 aromatic heterocycles. The number of thioether (sulfide) groups is 1. The van der Waals surface area contributed by atoms with Crippen molar-refractivity contribution < 1.29 is 9.53 Å². The molecule has 1 N–H and O–H groups in total. The highest BCUT2D eigenvalue weighted by Crippen LogP contribution is 2.26. The van der Waals surface area contributed by atoms with Crippen LogP contribution in [0.25, 0.3) is 10.8 Å². The Hall–Kier alpha value is -3.58. The summed E-state index contributed by atoms with van der Waals surface area (Å²) >= 11 is 1.35. The SMILES string of the molecule is C=CCn1c(COc2cccc3ccccc23)nnc1SCC(=O)N[C@H](C)c1ccccc1. The lowest BCUT2D eigenvalue weighted by molar-refractivity contribution is -0.119. The number of carbonyl (C=O) groups excluding carboxylic acids is 1. The largest absolute Gasteiger partial charge is 0.485 e. The number of aromatic nitrogens is 3. The van der Waals surface area contributed by atoms with Crippen LogP contribution in [0.1, 0.15) is 24.4 Å². The minimum atomic E-state index is -0.0602. The predicted octanol–water partition coefficient (Wildman–Crippen LogP) is 5.17. The Labute approximate surface area is 197 Å². The summed E-state index contributed by atoms with van der Waals surface area (Å²) in [5.74, 6) is 1.67. The monoisotopic (exact) mass is 458 g/mol. The highest BCUT2D eigenvalue weighted by atomic mass is 32.2. The summed E-state index contributed by atoms with van der Waals surface area (Å²) in [5, 5.41) is 14.4. The maximum Gasteiger partial charge on any atom is 0.230 e. The van der Waals surface area contributed by atoms with Gasteiger partial charge < -0.3 is 10.1 Å². The first-order valence-corrected chi connectivity index (χ1v) is 11.7. The number of nitrogens with one attached hydrogen (secondary N) is 1. The maximum absolute atomic E-state index is 12.5. The van der Waals surface area contributed by atoms with E-state index in [1.165, 1.54) is 11.8 Å². The number of amides is 1. The molecule has 0 saturated carbocycles. The normalized spacial score (nSPS) is 11.8. The Morgan fingerprint density at radius 1 is 1.09 bits per heavy atom. The van der Waals surface area contributed by atoms with E-state index in [-0.39, 0.29) is 24.3 Å². The molecule has 0 radical (unpaired) electrons. The molecule has 4 aromatic rings. The zero-order valence-corrected chi connectivity index (χ0v) is 19.3. The lowest BCUT2D eigenvalue weighted by Crippen LogP contribution is -2.28. The van der Waals surface area contributed by atoms with Gasteiger partial charge in [-0.25, -0.2) is 0 Å². The number of hydrogen-bond donors (Lipinski definition) is 1. The molecular formula is C26H26N4O2S. The van der Waals surface area contributed by atoms with E-state index in [1.54, 1.807) is 6.08 Å². The molecule has 1 heterocycles. The van der Waals surface area contributed by atoms with Crippen molar-refractivity contribution >= 4 is 28.4 Å². The summed E-state index contributed by atoms with van der Waals surface area (Å²) in [6.45, 7) is 6.62. The number of nitrogens with zero attached hydrogens (tertiary/aromatic N) is 3. The van der Waals surface area contributed by atoms with Crippen LogP contribution in [0.4, 0.5) is 0 Å². The van der Waals surface area contributed by atoms with Gasteiger partial charge in [-0.15, -0.1) is 16.8 Å². The van der Waals surface area contributed by atoms with Crippen LogP contribution in [0.15, 0.2) is 90.6 Å². The van der Waals surface area contributed by atoms with E-state index in [1.807, 2.05) is 72.2 Å². The van der Waals surface area contributed by atoms with Gasteiger partial charge in [-0.05, 0) is 23.9 Å². The zero-order valence-electron chi connectivity index (χ0n) is 18.5. The van der Waals surface area contributed by atoms with Crippen LogP contribution in [0.5, 0.6) is 5.75 Å². The van der Waals surface area contributed by atoms with Crippen molar-refractivity contribution in [2.75, 3.05) is 5.75 Å². The highest BCUT2D eigenvalue weighted by Gasteiger charge is 2.16. The van der Waals surface area contributed by atoms with Gasteiger partial charge >= 0.3 is 0 Å². The summed E-state index contributed by atoms with van der Waals surface area (Å²) < 4.78 is 8.01. The van der Waals surface area contributed by atoms with Crippen molar-refractivity contribution in [2.45, 2.75) is 31.3 Å². The Morgan fingerprint density at radius 3 is 2.67 bits per heavy atom. The van der Waals surface area contributed by atoms with Crippen LogP contribution in [0.3, 0.4) is 0 Å². The Kier molecular flexibility index (Phi) is 7.42. The van der Waals surface area contributed by atoms with Crippen LogP contribution >= 0.6 is 11.8 Å². The van der Waals surface area contributed by atoms with Gasteiger partial charge in [-0.1, -0.05) is 84.6 Å². The van der Waals surface area contributed by atoms with Gasteiger partial charge in [0, 0.05) is 11.9 Å². The van der Waals surface area contributed by atoms with Crippen molar-refractivity contribution in [1.82, 2.24) is 20.1 Å². The van der Waals surface area contributed by atoms with E-state index in [0.717, 1.165) is 22.1 Å². The van der Waals surface area contributed by atoms with E-state index in [2.05, 4.69) is 34.2 Å². The molecule has 0 aliphatic carbocycles. The number of fused-ring (bicyclic) bond motifs is 1. The second kappa shape index (κ2) is 10.8. The Balaban J connectivity index is 1.40. The van der Waals surface area contributed by atoms with Gasteiger partial charge in [-0.2, -0.15) is 0 Å². The molecule has 7 heteroatoms. The number of benzene rings is 3. The number of carbonyl (C=O) groups is 1. The fraction of sp³-hybridized carbons (Fsp3) is 0.192. The first-order valence-electron chi connectivity index (χ1n) is 10.8. The number of allylic oxidation sites excluding steroid dienone is 1. The molecule has 0 fully saturated rings. The van der Waals surface area contributed by atoms with Crippen molar-refractivity contribution in [1.29, 1.82) is 0 Å². The molecule has 33 heavy (non-hydrogen) atoms. The average Bonchev–Trinajstić information content (AvgIpc) is 3.23. The van der Waals surface area contributed by atoms with E-state index in [0.29, 0.717) is 17.5 Å². The fourth-order valence-electron chi connectivity index (χ4n) is 3.55. The quantitative estimate of drug-likeness (QED) is 0.262. The second-order valence-electron chi connectivity index (χ2n) is 7.55. The van der Waals surface area contributed by atoms with Crippen molar-refractivity contribution in [3.63, 3.8) is 0 Å². The van der Waals surface area contributed by atoms with Gasteiger partial charge in [0.25, 0.3) is 0 Å². The van der Waals surface area contributed by atoms with E-state index in [9.17, 15) is 4.79 Å². The van der Waals surface area contributed by atoms with Gasteiger partial charge in [-0.3, -0.25) is 9.36 Å². The lowest BCUT2D eigenvalue weighted by Gasteiger charge is -2.14. The van der Waals surface area contributed by atoms with Crippen LogP contribution < -0.4 is 10.1 Å². The number of ether oxygens (including phenoxy) is 1. The van der Waals surface area contributed by atoms with Gasteiger partial charge in [0.15, 0.2) is 11.0 Å². The molecule has 0 aliphatic heterocycles. The van der Waals surface area contributed by atoms with E-state index in [4.69, 9.17) is 4.74 Å². The maximum atomic E-state index is 12.5. The zero-order chi connectivity index (χ0) is 23.0. The molecule has 1 atom stereocenters. The molecule has 1 amide bonds. The molecule has 6 nitrogen and oxygen atoms in total. The minimum Gasteiger partial charge on any atom is -0.485 e. The number of hydrogen-bond acceptors (Lipinski definition) is 5. The summed E-state index contributed by atoms with van der Waals surface area (Å²) in [6.07, 6.45) is 1.78. The third-order valence-electron chi connectivity index (χ3n) is 5.22. The third-order valence-corrected chi connectivity index (χ3v) is 6.19. The van der Waals surface area contributed by atoms with Crippen LogP contribution in [0, 0.1) is 0 Å². The molecule has 3 aromatic carbocycles. The summed E-state index contributed by atoms with van der Waals surface area (Å²) in [6, 6.07) is 23.9. The summed E-state index contributed by atoms with van der Waals surface area (Å²) in [5.41, 5.74) is 1.07. The lowest BCUT2D eigenvalue weighted by atomic mass is 10.1. The smallest absolute Gasteiger partial charge is 0.230 e. The molecule has 4 rings (SSSR count). The fourth-order valence-corrected chi connectivity index (χ4v) is 4.32. The molecule has 0 aliphatic rings.